The van der Waals surface area contributed by atoms with Gasteiger partial charge in [-0.3, -0.25) is 14.6 Å². The Morgan fingerprint density at radius 1 is 1.36 bits per heavy atom. The number of carbonyl (C=O) groups is 1. The first-order chi connectivity index (χ1) is 10.6. The number of nitrogens with zero attached hydrogens (tertiary/aromatic N) is 2. The van der Waals surface area contributed by atoms with Crippen molar-refractivity contribution in [1.82, 2.24) is 10.6 Å². The third kappa shape index (κ3) is 3.33. The quantitative estimate of drug-likeness (QED) is 0.801. The molecule has 22 heavy (non-hydrogen) atoms. The number of hydrogen-bond acceptors (Lipinski definition) is 4. The van der Waals surface area contributed by atoms with Crippen molar-refractivity contribution in [2.75, 3.05) is 5.32 Å². The van der Waals surface area contributed by atoms with E-state index in [-0.39, 0.29) is 11.9 Å². The summed E-state index contributed by atoms with van der Waals surface area (Å²) in [6, 6.07) is 9.82. The average Bonchev–Trinajstić information content (AvgIpc) is 3.26. The number of aromatic nitrogens is 2. The second-order valence-electron chi connectivity index (χ2n) is 5.86. The van der Waals surface area contributed by atoms with Crippen molar-refractivity contribution >= 4 is 11.8 Å². The highest BCUT2D eigenvalue weighted by Gasteiger charge is 2.30. The third-order valence-electron chi connectivity index (χ3n) is 3.65. The minimum Gasteiger partial charge on any atom is -0.304 e. The maximum Gasteiger partial charge on any atom is 0.307 e. The summed E-state index contributed by atoms with van der Waals surface area (Å²) in [7, 11) is 0. The van der Waals surface area contributed by atoms with Crippen LogP contribution in [0.2, 0.25) is 0 Å². The largest absolute Gasteiger partial charge is 0.307 e. The summed E-state index contributed by atoms with van der Waals surface area (Å²) in [4.78, 5) is 12.3. The van der Waals surface area contributed by atoms with Crippen molar-refractivity contribution in [2.24, 2.45) is 0 Å². The van der Waals surface area contributed by atoms with Gasteiger partial charge in [-0.1, -0.05) is 18.2 Å². The second-order valence-corrected chi connectivity index (χ2v) is 5.86. The van der Waals surface area contributed by atoms with Gasteiger partial charge in [0.1, 0.15) is 0 Å². The maximum atomic E-state index is 12.3. The van der Waals surface area contributed by atoms with Crippen molar-refractivity contribution < 1.29 is 14.0 Å². The molecule has 0 unspecified atom stereocenters. The van der Waals surface area contributed by atoms with Crippen LogP contribution in [0.4, 0.5) is 5.88 Å². The molecule has 0 spiro atoms. The van der Waals surface area contributed by atoms with Crippen LogP contribution in [0.5, 0.6) is 0 Å². The van der Waals surface area contributed by atoms with Crippen molar-refractivity contribution in [3.63, 3.8) is 0 Å². The monoisotopic (exact) mass is 301 g/mol. The van der Waals surface area contributed by atoms with Gasteiger partial charge in [0.2, 0.25) is 5.27 Å². The summed E-state index contributed by atoms with van der Waals surface area (Å²) >= 11 is 0. The molecule has 0 atom stereocenters. The molecule has 2 aromatic rings. The molecule has 1 heterocycles. The van der Waals surface area contributed by atoms with Gasteiger partial charge in [0.15, 0.2) is 6.04 Å². The van der Waals surface area contributed by atoms with E-state index < -0.39 is 0 Å². The van der Waals surface area contributed by atoms with Gasteiger partial charge < -0.3 is 5.32 Å². The summed E-state index contributed by atoms with van der Waals surface area (Å²) in [6.07, 6.45) is 2.41. The molecule has 0 bridgehead atoms. The average molecular weight is 301 g/mol. The Labute approximate surface area is 129 Å². The Morgan fingerprint density at radius 2 is 2.09 bits per heavy atom. The molecular weight excluding hydrogens is 280 g/mol. The number of rotatable bonds is 6. The lowest BCUT2D eigenvalue weighted by Gasteiger charge is -2.03. The molecular formula is C16H21N4O2+. The van der Waals surface area contributed by atoms with E-state index >= 15 is 0 Å². The molecule has 1 aliphatic rings. The number of carbonyl (C=O) groups excluding carboxylic acids is 1. The molecule has 1 aliphatic carbocycles. The van der Waals surface area contributed by atoms with E-state index in [1.807, 2.05) is 32.0 Å². The van der Waals surface area contributed by atoms with Gasteiger partial charge in [-0.05, 0) is 29.7 Å². The van der Waals surface area contributed by atoms with E-state index in [4.69, 9.17) is 4.52 Å². The lowest BCUT2D eigenvalue weighted by Crippen LogP contribution is -2.43. The Hall–Kier alpha value is -2.21. The van der Waals surface area contributed by atoms with E-state index in [1.165, 1.54) is 12.8 Å². The highest BCUT2D eigenvalue weighted by molar-refractivity contribution is 6.03. The summed E-state index contributed by atoms with van der Waals surface area (Å²) in [5.41, 5.74) is 1.46. The van der Waals surface area contributed by atoms with Gasteiger partial charge >= 0.3 is 5.88 Å². The van der Waals surface area contributed by atoms with Crippen molar-refractivity contribution in [3.8, 4) is 0 Å². The summed E-state index contributed by atoms with van der Waals surface area (Å²) in [6.45, 7) is 4.70. The predicted molar refractivity (Wildman–Crippen MR) is 81.3 cm³/mol. The highest BCUT2D eigenvalue weighted by atomic mass is 16.5. The normalized spacial score (nSPS) is 14.3. The van der Waals surface area contributed by atoms with Gasteiger partial charge in [-0.25, -0.2) is 0 Å². The third-order valence-corrected chi connectivity index (χ3v) is 3.65. The number of hydrogen-bond donors (Lipinski definition) is 2. The maximum absolute atomic E-state index is 12.3. The van der Waals surface area contributed by atoms with E-state index in [0.29, 0.717) is 24.0 Å². The first-order valence-electron chi connectivity index (χ1n) is 7.65. The van der Waals surface area contributed by atoms with Crippen LogP contribution >= 0.6 is 0 Å². The lowest BCUT2D eigenvalue weighted by atomic mass is 10.2. The highest BCUT2D eigenvalue weighted by Crippen LogP contribution is 2.21. The van der Waals surface area contributed by atoms with Crippen LogP contribution in [-0.4, -0.2) is 17.2 Å². The van der Waals surface area contributed by atoms with Gasteiger partial charge in [0, 0.05) is 25.5 Å². The number of anilines is 1. The molecule has 2 N–H and O–H groups in total. The fourth-order valence-corrected chi connectivity index (χ4v) is 2.25. The van der Waals surface area contributed by atoms with Crippen LogP contribution in [0, 0.1) is 0 Å². The molecule has 3 rings (SSSR count). The number of benzene rings is 1. The molecule has 6 heteroatoms. The predicted octanol–water partition coefficient (Wildman–Crippen LogP) is 2.05. The molecule has 0 radical (unpaired) electrons. The number of nitrogens with one attached hydrogen (secondary N) is 2. The Morgan fingerprint density at radius 3 is 2.73 bits per heavy atom. The van der Waals surface area contributed by atoms with E-state index in [9.17, 15) is 4.79 Å². The number of amides is 1. The molecule has 1 fully saturated rings. The van der Waals surface area contributed by atoms with Crippen LogP contribution in [0.1, 0.15) is 48.8 Å². The molecule has 1 aromatic heterocycles. The summed E-state index contributed by atoms with van der Waals surface area (Å²) in [5, 5.41) is 10.3. The molecule has 116 valence electrons. The second kappa shape index (κ2) is 6.27. The Bertz CT molecular complexity index is 647. The molecule has 1 aromatic carbocycles. The van der Waals surface area contributed by atoms with Crippen LogP contribution in [-0.2, 0) is 6.54 Å². The fourth-order valence-electron chi connectivity index (χ4n) is 2.25. The fraction of sp³-hybridized carbons (Fsp3) is 0.438. The SMILES string of the molecule is CC(C)[n+]1noc(NC(=O)c2ccccc2)c1CNC1CC1. The van der Waals surface area contributed by atoms with E-state index in [2.05, 4.69) is 15.9 Å². The zero-order valence-corrected chi connectivity index (χ0v) is 12.9. The standard InChI is InChI=1S/C16H20N4O2/c1-11(2)20-14(10-17-13-8-9-13)16(22-19-20)18-15(21)12-6-4-3-5-7-12/h3-7,11,13,17H,8-10H2,1-2H3/p+1. The minimum absolute atomic E-state index is 0.169. The molecule has 0 aliphatic heterocycles. The lowest BCUT2D eigenvalue weighted by molar-refractivity contribution is -0.785. The molecule has 6 nitrogen and oxygen atoms in total. The molecule has 1 amide bonds. The van der Waals surface area contributed by atoms with Crippen LogP contribution in [0.15, 0.2) is 34.9 Å². The van der Waals surface area contributed by atoms with Gasteiger partial charge in [0.05, 0.1) is 6.54 Å². The van der Waals surface area contributed by atoms with Crippen molar-refractivity contribution in [1.29, 1.82) is 0 Å². The van der Waals surface area contributed by atoms with E-state index in [0.717, 1.165) is 5.69 Å². The zero-order valence-electron chi connectivity index (χ0n) is 12.9. The van der Waals surface area contributed by atoms with E-state index in [1.54, 1.807) is 16.8 Å². The summed E-state index contributed by atoms with van der Waals surface area (Å²) in [5.74, 6) is 0.219. The van der Waals surface area contributed by atoms with Gasteiger partial charge in [-0.15, -0.1) is 0 Å². The van der Waals surface area contributed by atoms with Crippen LogP contribution in [0.3, 0.4) is 0 Å². The Kier molecular flexibility index (Phi) is 4.20. The first kappa shape index (κ1) is 14.7. The molecule has 1 saturated carbocycles. The topological polar surface area (TPSA) is 71.0 Å². The zero-order chi connectivity index (χ0) is 15.5. The van der Waals surface area contributed by atoms with Crippen molar-refractivity contribution in [2.45, 2.75) is 45.3 Å². The molecule has 0 saturated heterocycles. The van der Waals surface area contributed by atoms with Crippen LogP contribution < -0.4 is 15.3 Å². The van der Waals surface area contributed by atoms with Gasteiger partial charge in [-0.2, -0.15) is 0 Å². The van der Waals surface area contributed by atoms with Gasteiger partial charge in [0.25, 0.3) is 11.6 Å². The van der Waals surface area contributed by atoms with Crippen molar-refractivity contribution in [3.05, 3.63) is 41.6 Å². The Balaban J connectivity index is 1.78. The minimum atomic E-state index is -0.194. The smallest absolute Gasteiger partial charge is 0.304 e. The van der Waals surface area contributed by atoms with Crippen LogP contribution in [0.25, 0.3) is 0 Å². The summed E-state index contributed by atoms with van der Waals surface area (Å²) < 4.78 is 7.14. The first-order valence-corrected chi connectivity index (χ1v) is 7.65.